The number of rotatable bonds is 9. The highest BCUT2D eigenvalue weighted by molar-refractivity contribution is 7.89. The number of anilines is 1. The van der Waals surface area contributed by atoms with E-state index in [2.05, 4.69) is 26.9 Å². The predicted molar refractivity (Wildman–Crippen MR) is 150 cm³/mol. The SMILES string of the molecule is CCCCc1ccc(S(=O)(=O)N2CCCN(c3c(-c4ccc(OC)c(OC)c4)cnc4ncnn34)CC2)cc1. The zero-order valence-electron chi connectivity index (χ0n) is 22.6. The monoisotopic (exact) mass is 550 g/mol. The van der Waals surface area contributed by atoms with Crippen molar-refractivity contribution in [3.63, 3.8) is 0 Å². The summed E-state index contributed by atoms with van der Waals surface area (Å²) in [7, 11) is -0.408. The van der Waals surface area contributed by atoms with Gasteiger partial charge in [0.05, 0.1) is 19.1 Å². The fourth-order valence-electron chi connectivity index (χ4n) is 4.98. The molecular weight excluding hydrogens is 516 g/mol. The van der Waals surface area contributed by atoms with Gasteiger partial charge in [-0.2, -0.15) is 18.9 Å². The van der Waals surface area contributed by atoms with Gasteiger partial charge in [-0.3, -0.25) is 0 Å². The van der Waals surface area contributed by atoms with Crippen LogP contribution in [0.5, 0.6) is 11.5 Å². The highest BCUT2D eigenvalue weighted by Gasteiger charge is 2.29. The Labute approximate surface area is 229 Å². The lowest BCUT2D eigenvalue weighted by Crippen LogP contribution is -2.35. The molecule has 0 spiro atoms. The molecule has 206 valence electrons. The fraction of sp³-hybridized carbons (Fsp3) is 0.393. The first-order valence-corrected chi connectivity index (χ1v) is 14.7. The van der Waals surface area contributed by atoms with E-state index in [0.717, 1.165) is 41.8 Å². The van der Waals surface area contributed by atoms with Gasteiger partial charge in [0.15, 0.2) is 11.5 Å². The van der Waals surface area contributed by atoms with Crippen LogP contribution in [-0.4, -0.2) is 72.7 Å². The second kappa shape index (κ2) is 11.6. The summed E-state index contributed by atoms with van der Waals surface area (Å²) in [5, 5.41) is 4.45. The maximum atomic E-state index is 13.5. The van der Waals surface area contributed by atoms with Crippen LogP contribution in [0.3, 0.4) is 0 Å². The summed E-state index contributed by atoms with van der Waals surface area (Å²) < 4.78 is 41.3. The molecule has 3 heterocycles. The zero-order valence-corrected chi connectivity index (χ0v) is 23.4. The van der Waals surface area contributed by atoms with E-state index >= 15 is 0 Å². The number of ether oxygens (including phenoxy) is 2. The van der Waals surface area contributed by atoms with Crippen molar-refractivity contribution < 1.29 is 17.9 Å². The number of nitrogens with zero attached hydrogens (tertiary/aromatic N) is 6. The average Bonchev–Trinajstić information content (AvgIpc) is 3.31. The highest BCUT2D eigenvalue weighted by atomic mass is 32.2. The summed E-state index contributed by atoms with van der Waals surface area (Å²) in [6.07, 6.45) is 7.07. The summed E-state index contributed by atoms with van der Waals surface area (Å²) in [6, 6.07) is 13.0. The van der Waals surface area contributed by atoms with E-state index in [-0.39, 0.29) is 0 Å². The van der Waals surface area contributed by atoms with Crippen molar-refractivity contribution in [1.82, 2.24) is 23.9 Å². The molecule has 39 heavy (non-hydrogen) atoms. The summed E-state index contributed by atoms with van der Waals surface area (Å²) in [5.74, 6) is 2.52. The van der Waals surface area contributed by atoms with E-state index < -0.39 is 10.0 Å². The molecule has 1 aliphatic rings. The molecule has 1 saturated heterocycles. The Hall–Kier alpha value is -3.70. The molecule has 2 aromatic heterocycles. The van der Waals surface area contributed by atoms with E-state index in [1.807, 2.05) is 30.3 Å². The van der Waals surface area contributed by atoms with Crippen molar-refractivity contribution in [2.24, 2.45) is 0 Å². The maximum Gasteiger partial charge on any atom is 0.254 e. The normalized spacial score (nSPS) is 14.9. The van der Waals surface area contributed by atoms with Crippen LogP contribution in [-0.2, 0) is 16.4 Å². The van der Waals surface area contributed by atoms with Gasteiger partial charge in [0.25, 0.3) is 5.78 Å². The molecule has 5 rings (SSSR count). The first-order chi connectivity index (χ1) is 19.0. The summed E-state index contributed by atoms with van der Waals surface area (Å²) in [6.45, 7) is 4.09. The summed E-state index contributed by atoms with van der Waals surface area (Å²) >= 11 is 0. The molecule has 10 nitrogen and oxygen atoms in total. The average molecular weight is 551 g/mol. The lowest BCUT2D eigenvalue weighted by molar-refractivity contribution is 0.355. The molecule has 0 saturated carbocycles. The Balaban J connectivity index is 1.44. The number of fused-ring (bicyclic) bond motifs is 1. The number of benzene rings is 2. The second-order valence-electron chi connectivity index (χ2n) is 9.53. The molecule has 11 heteroatoms. The molecule has 1 fully saturated rings. The predicted octanol–water partition coefficient (Wildman–Crippen LogP) is 4.05. The molecule has 0 bridgehead atoms. The van der Waals surface area contributed by atoms with Crippen LogP contribution in [0.2, 0.25) is 0 Å². The number of hydrogen-bond donors (Lipinski definition) is 0. The lowest BCUT2D eigenvalue weighted by Gasteiger charge is -2.26. The minimum Gasteiger partial charge on any atom is -0.493 e. The third-order valence-corrected chi connectivity index (χ3v) is 9.02. The quantitative estimate of drug-likeness (QED) is 0.308. The molecule has 4 aromatic rings. The van der Waals surface area contributed by atoms with Crippen LogP contribution in [0, 0.1) is 0 Å². The standard InChI is InChI=1S/C28H34N6O4S/c1-4-5-7-21-8-11-23(12-9-21)39(35,36)33-15-6-14-32(16-17-33)27-24(19-29-28-30-20-31-34(27)28)22-10-13-25(37-2)26(18-22)38-3/h8-13,18-20H,4-7,14-17H2,1-3H3. The molecule has 0 unspecified atom stereocenters. The first-order valence-electron chi connectivity index (χ1n) is 13.2. The van der Waals surface area contributed by atoms with Crippen molar-refractivity contribution in [2.75, 3.05) is 45.3 Å². The minimum absolute atomic E-state index is 0.338. The lowest BCUT2D eigenvalue weighted by atomic mass is 10.1. The van der Waals surface area contributed by atoms with Gasteiger partial charge >= 0.3 is 0 Å². The topological polar surface area (TPSA) is 102 Å². The second-order valence-corrected chi connectivity index (χ2v) is 11.5. The van der Waals surface area contributed by atoms with Crippen molar-refractivity contribution in [3.8, 4) is 22.6 Å². The summed E-state index contributed by atoms with van der Waals surface area (Å²) in [4.78, 5) is 11.3. The maximum absolute atomic E-state index is 13.5. The Kier molecular flexibility index (Phi) is 7.99. The number of unbranched alkanes of at least 4 members (excludes halogenated alkanes) is 1. The van der Waals surface area contributed by atoms with Gasteiger partial charge in [0.1, 0.15) is 12.1 Å². The molecule has 2 aromatic carbocycles. The third kappa shape index (κ3) is 5.41. The Morgan fingerprint density at radius 2 is 1.72 bits per heavy atom. The molecule has 0 amide bonds. The highest BCUT2D eigenvalue weighted by Crippen LogP contribution is 2.37. The largest absolute Gasteiger partial charge is 0.493 e. The Morgan fingerprint density at radius 3 is 2.46 bits per heavy atom. The van der Waals surface area contributed by atoms with Crippen molar-refractivity contribution >= 4 is 21.6 Å². The van der Waals surface area contributed by atoms with E-state index in [1.54, 1.807) is 41.4 Å². The number of aryl methyl sites for hydroxylation is 1. The molecule has 0 atom stereocenters. The fourth-order valence-corrected chi connectivity index (χ4v) is 6.45. The Morgan fingerprint density at radius 1 is 0.923 bits per heavy atom. The van der Waals surface area contributed by atoms with Crippen LogP contribution in [0.15, 0.2) is 59.9 Å². The van der Waals surface area contributed by atoms with E-state index in [4.69, 9.17) is 9.47 Å². The number of methoxy groups -OCH3 is 2. The van der Waals surface area contributed by atoms with Gasteiger partial charge < -0.3 is 14.4 Å². The van der Waals surface area contributed by atoms with Crippen molar-refractivity contribution in [2.45, 2.75) is 37.5 Å². The zero-order chi connectivity index (χ0) is 27.4. The van der Waals surface area contributed by atoms with Crippen molar-refractivity contribution in [3.05, 3.63) is 60.6 Å². The molecule has 1 aliphatic heterocycles. The number of aromatic nitrogens is 4. The van der Waals surface area contributed by atoms with Gasteiger partial charge in [0.2, 0.25) is 10.0 Å². The van der Waals surface area contributed by atoms with E-state index in [9.17, 15) is 8.42 Å². The van der Waals surface area contributed by atoms with E-state index in [1.165, 1.54) is 6.33 Å². The van der Waals surface area contributed by atoms with Crippen molar-refractivity contribution in [1.29, 1.82) is 0 Å². The van der Waals surface area contributed by atoms with Gasteiger partial charge in [0, 0.05) is 37.9 Å². The van der Waals surface area contributed by atoms with E-state index in [0.29, 0.717) is 54.8 Å². The van der Waals surface area contributed by atoms with Crippen LogP contribution < -0.4 is 14.4 Å². The minimum atomic E-state index is -3.61. The molecule has 0 aliphatic carbocycles. The van der Waals surface area contributed by atoms with Crippen LogP contribution in [0.1, 0.15) is 31.7 Å². The Bertz CT molecular complexity index is 1540. The van der Waals surface area contributed by atoms with Gasteiger partial charge in [-0.1, -0.05) is 31.5 Å². The van der Waals surface area contributed by atoms with Crippen LogP contribution in [0.4, 0.5) is 5.82 Å². The smallest absolute Gasteiger partial charge is 0.254 e. The number of sulfonamides is 1. The summed E-state index contributed by atoms with van der Waals surface area (Å²) in [5.41, 5.74) is 2.88. The van der Waals surface area contributed by atoms with Gasteiger partial charge in [-0.05, 0) is 54.7 Å². The van der Waals surface area contributed by atoms with Gasteiger partial charge in [-0.25, -0.2) is 13.4 Å². The molecular formula is C28H34N6O4S. The third-order valence-electron chi connectivity index (χ3n) is 7.11. The van der Waals surface area contributed by atoms with Crippen LogP contribution in [0.25, 0.3) is 16.9 Å². The molecule has 0 N–H and O–H groups in total. The first kappa shape index (κ1) is 26.9. The van der Waals surface area contributed by atoms with Crippen LogP contribution >= 0.6 is 0 Å². The van der Waals surface area contributed by atoms with Gasteiger partial charge in [-0.15, -0.1) is 0 Å². The number of hydrogen-bond acceptors (Lipinski definition) is 8. The molecule has 0 radical (unpaired) electrons.